The highest BCUT2D eigenvalue weighted by Gasteiger charge is 2.09. The molecule has 0 aliphatic carbocycles. The summed E-state index contributed by atoms with van der Waals surface area (Å²) in [4.78, 5) is 4.39. The molecule has 0 spiro atoms. The van der Waals surface area contributed by atoms with Gasteiger partial charge in [-0.1, -0.05) is 0 Å². The minimum atomic E-state index is -0.149. The van der Waals surface area contributed by atoms with Gasteiger partial charge in [-0.05, 0) is 45.0 Å². The number of nitrogens with zero attached hydrogens (tertiary/aromatic N) is 1. The van der Waals surface area contributed by atoms with Crippen molar-refractivity contribution in [1.82, 2.24) is 0 Å². The molecule has 0 fully saturated rings. The Hall–Kier alpha value is -1.51. The molecule has 0 saturated heterocycles. The molecule has 0 aromatic heterocycles. The number of methoxy groups -OCH3 is 1. The fraction of sp³-hybridized carbons (Fsp3) is 0.417. The zero-order chi connectivity index (χ0) is 11.5. The van der Waals surface area contributed by atoms with Gasteiger partial charge in [0.1, 0.15) is 11.6 Å². The van der Waals surface area contributed by atoms with E-state index in [2.05, 4.69) is 4.99 Å². The van der Waals surface area contributed by atoms with Crippen LogP contribution in [0.15, 0.2) is 29.3 Å². The third kappa shape index (κ3) is 3.62. The molecule has 3 nitrogen and oxygen atoms in total. The summed E-state index contributed by atoms with van der Waals surface area (Å²) in [6.45, 7) is 6.05. The maximum absolute atomic E-state index is 5.88. The minimum absolute atomic E-state index is 0.149. The third-order valence-corrected chi connectivity index (χ3v) is 1.84. The van der Waals surface area contributed by atoms with Crippen LogP contribution < -0.4 is 10.5 Å². The lowest BCUT2D eigenvalue weighted by Crippen LogP contribution is -2.21. The van der Waals surface area contributed by atoms with E-state index >= 15 is 0 Å². The number of ether oxygens (including phenoxy) is 1. The Morgan fingerprint density at radius 1 is 1.20 bits per heavy atom. The predicted octanol–water partition coefficient (Wildman–Crippen LogP) is 2.20. The largest absolute Gasteiger partial charge is 0.497 e. The summed E-state index contributed by atoms with van der Waals surface area (Å²) in [5.74, 6) is 1.38. The van der Waals surface area contributed by atoms with E-state index in [4.69, 9.17) is 10.5 Å². The van der Waals surface area contributed by atoms with E-state index in [1.807, 2.05) is 45.0 Å². The molecular weight excluding hydrogens is 188 g/mol. The summed E-state index contributed by atoms with van der Waals surface area (Å²) in [7, 11) is 1.64. The van der Waals surface area contributed by atoms with Gasteiger partial charge in [-0.2, -0.15) is 0 Å². The van der Waals surface area contributed by atoms with Gasteiger partial charge in [0.25, 0.3) is 0 Å². The molecule has 0 atom stereocenters. The van der Waals surface area contributed by atoms with Gasteiger partial charge >= 0.3 is 0 Å². The molecule has 82 valence electrons. The quantitative estimate of drug-likeness (QED) is 0.595. The minimum Gasteiger partial charge on any atom is -0.497 e. The molecular formula is C12H18N2O. The number of amidine groups is 1. The van der Waals surface area contributed by atoms with Crippen molar-refractivity contribution in [2.24, 2.45) is 10.7 Å². The van der Waals surface area contributed by atoms with Gasteiger partial charge in [-0.15, -0.1) is 0 Å². The van der Waals surface area contributed by atoms with Crippen molar-refractivity contribution >= 4 is 5.84 Å². The van der Waals surface area contributed by atoms with Crippen molar-refractivity contribution in [3.05, 3.63) is 29.8 Å². The van der Waals surface area contributed by atoms with Crippen molar-refractivity contribution < 1.29 is 4.74 Å². The SMILES string of the molecule is COc1ccc(C(N)=NC(C)(C)C)cc1. The first kappa shape index (κ1) is 11.6. The normalized spacial score (nSPS) is 12.7. The molecule has 0 saturated carbocycles. The number of aliphatic imine (C=N–C) groups is 1. The molecule has 15 heavy (non-hydrogen) atoms. The topological polar surface area (TPSA) is 47.6 Å². The molecule has 0 aliphatic heterocycles. The Balaban J connectivity index is 2.92. The Morgan fingerprint density at radius 3 is 2.13 bits per heavy atom. The molecule has 0 bridgehead atoms. The van der Waals surface area contributed by atoms with E-state index in [-0.39, 0.29) is 5.54 Å². The molecule has 0 amide bonds. The maximum Gasteiger partial charge on any atom is 0.126 e. The molecule has 3 heteroatoms. The lowest BCUT2D eigenvalue weighted by molar-refractivity contribution is 0.415. The van der Waals surface area contributed by atoms with Crippen LogP contribution in [0.25, 0.3) is 0 Å². The zero-order valence-corrected chi connectivity index (χ0v) is 9.74. The molecule has 0 heterocycles. The third-order valence-electron chi connectivity index (χ3n) is 1.84. The monoisotopic (exact) mass is 206 g/mol. The van der Waals surface area contributed by atoms with Crippen LogP contribution in [-0.2, 0) is 0 Å². The summed E-state index contributed by atoms with van der Waals surface area (Å²) >= 11 is 0. The Morgan fingerprint density at radius 2 is 1.73 bits per heavy atom. The molecule has 0 aliphatic rings. The number of nitrogens with two attached hydrogens (primary N) is 1. The average Bonchev–Trinajstić information content (AvgIpc) is 2.15. The van der Waals surface area contributed by atoms with E-state index in [0.29, 0.717) is 5.84 Å². The number of hydrogen-bond acceptors (Lipinski definition) is 2. The molecule has 0 unspecified atom stereocenters. The van der Waals surface area contributed by atoms with Gasteiger partial charge < -0.3 is 10.5 Å². The molecule has 1 rings (SSSR count). The summed E-state index contributed by atoms with van der Waals surface area (Å²) < 4.78 is 5.07. The smallest absolute Gasteiger partial charge is 0.126 e. The molecule has 1 aromatic rings. The summed E-state index contributed by atoms with van der Waals surface area (Å²) in [5.41, 5.74) is 6.66. The highest BCUT2D eigenvalue weighted by Crippen LogP contribution is 2.13. The molecule has 0 radical (unpaired) electrons. The van der Waals surface area contributed by atoms with Gasteiger partial charge in [-0.3, -0.25) is 4.99 Å². The fourth-order valence-electron chi connectivity index (χ4n) is 1.19. The van der Waals surface area contributed by atoms with Crippen LogP contribution in [0.2, 0.25) is 0 Å². The zero-order valence-electron chi connectivity index (χ0n) is 9.74. The van der Waals surface area contributed by atoms with E-state index in [1.54, 1.807) is 7.11 Å². The first-order chi connectivity index (χ1) is 6.92. The summed E-state index contributed by atoms with van der Waals surface area (Å²) in [6, 6.07) is 7.56. The van der Waals surface area contributed by atoms with Gasteiger partial charge in [0, 0.05) is 5.56 Å². The van der Waals surface area contributed by atoms with Crippen LogP contribution in [-0.4, -0.2) is 18.5 Å². The first-order valence-corrected chi connectivity index (χ1v) is 4.92. The second kappa shape index (κ2) is 4.34. The van der Waals surface area contributed by atoms with Gasteiger partial charge in [-0.25, -0.2) is 0 Å². The number of hydrogen-bond donors (Lipinski definition) is 1. The number of benzene rings is 1. The maximum atomic E-state index is 5.88. The van der Waals surface area contributed by atoms with Crippen LogP contribution in [0.4, 0.5) is 0 Å². The molecule has 1 aromatic carbocycles. The van der Waals surface area contributed by atoms with Crippen LogP contribution in [0.3, 0.4) is 0 Å². The van der Waals surface area contributed by atoms with Crippen LogP contribution in [0.5, 0.6) is 5.75 Å². The lowest BCUT2D eigenvalue weighted by atomic mass is 10.1. The second-order valence-electron chi connectivity index (χ2n) is 4.40. The van der Waals surface area contributed by atoms with Crippen molar-refractivity contribution in [3.63, 3.8) is 0 Å². The van der Waals surface area contributed by atoms with Crippen molar-refractivity contribution in [2.45, 2.75) is 26.3 Å². The van der Waals surface area contributed by atoms with Crippen molar-refractivity contribution in [2.75, 3.05) is 7.11 Å². The van der Waals surface area contributed by atoms with E-state index in [9.17, 15) is 0 Å². The highest BCUT2D eigenvalue weighted by molar-refractivity contribution is 5.97. The Labute approximate surface area is 91.0 Å². The number of rotatable bonds is 2. The van der Waals surface area contributed by atoms with Crippen molar-refractivity contribution in [3.8, 4) is 5.75 Å². The summed E-state index contributed by atoms with van der Waals surface area (Å²) in [5, 5.41) is 0. The van der Waals surface area contributed by atoms with Crippen molar-refractivity contribution in [1.29, 1.82) is 0 Å². The molecule has 2 N–H and O–H groups in total. The van der Waals surface area contributed by atoms with Crippen LogP contribution in [0, 0.1) is 0 Å². The van der Waals surface area contributed by atoms with Gasteiger partial charge in [0.15, 0.2) is 0 Å². The Bertz CT molecular complexity index is 347. The highest BCUT2D eigenvalue weighted by atomic mass is 16.5. The summed E-state index contributed by atoms with van der Waals surface area (Å²) in [6.07, 6.45) is 0. The second-order valence-corrected chi connectivity index (χ2v) is 4.40. The lowest BCUT2D eigenvalue weighted by Gasteiger charge is -2.13. The predicted molar refractivity (Wildman–Crippen MR) is 63.5 cm³/mol. The van der Waals surface area contributed by atoms with E-state index in [0.717, 1.165) is 11.3 Å². The standard InChI is InChI=1S/C12H18N2O/c1-12(2,3)14-11(13)9-5-7-10(15-4)8-6-9/h5-8H,1-4H3,(H2,13,14). The fourth-order valence-corrected chi connectivity index (χ4v) is 1.19. The average molecular weight is 206 g/mol. The Kier molecular flexibility index (Phi) is 3.35. The van der Waals surface area contributed by atoms with Crippen LogP contribution >= 0.6 is 0 Å². The van der Waals surface area contributed by atoms with Crippen LogP contribution in [0.1, 0.15) is 26.3 Å². The van der Waals surface area contributed by atoms with Gasteiger partial charge in [0.2, 0.25) is 0 Å². The van der Waals surface area contributed by atoms with E-state index < -0.39 is 0 Å². The van der Waals surface area contributed by atoms with E-state index in [1.165, 1.54) is 0 Å². The van der Waals surface area contributed by atoms with Gasteiger partial charge in [0.05, 0.1) is 12.6 Å². The first-order valence-electron chi connectivity index (χ1n) is 4.92.